The van der Waals surface area contributed by atoms with Gasteiger partial charge in [0.15, 0.2) is 0 Å². The molecule has 0 radical (unpaired) electrons. The van der Waals surface area contributed by atoms with E-state index in [-0.39, 0.29) is 18.4 Å². The molecule has 1 aliphatic rings. The minimum Gasteiger partial charge on any atom is -0.339 e. The lowest BCUT2D eigenvalue weighted by Gasteiger charge is -2.25. The van der Waals surface area contributed by atoms with E-state index in [2.05, 4.69) is 0 Å². The van der Waals surface area contributed by atoms with E-state index in [0.29, 0.717) is 44.7 Å². The third-order valence-electron chi connectivity index (χ3n) is 5.56. The highest BCUT2D eigenvalue weighted by Crippen LogP contribution is 2.36. The van der Waals surface area contributed by atoms with Gasteiger partial charge in [-0.1, -0.05) is 35.9 Å². The van der Waals surface area contributed by atoms with Gasteiger partial charge in [-0.2, -0.15) is 0 Å². The second-order valence-electron chi connectivity index (χ2n) is 7.44. The molecule has 4 rings (SSSR count). The van der Waals surface area contributed by atoms with Crippen LogP contribution in [-0.4, -0.2) is 34.0 Å². The number of hydrogen-bond donors (Lipinski definition) is 0. The van der Waals surface area contributed by atoms with Crippen molar-refractivity contribution in [2.45, 2.75) is 30.2 Å². The van der Waals surface area contributed by atoms with E-state index in [0.717, 1.165) is 5.56 Å². The first-order valence-electron chi connectivity index (χ1n) is 10.4. The number of amides is 2. The highest BCUT2D eigenvalue weighted by molar-refractivity contribution is 7.85. The standard InChI is InChI=1S/C25H23ClN2O3S/c1-3-27(4-2)24(29)18-11-14-23-21(15-18)28(16-17-9-12-19(26)13-10-17)25(30)20-7-5-6-8-22(20)32(23)31/h5-15H,3-4,16H2,1-2H3. The molecular formula is C25H23ClN2O3S. The lowest BCUT2D eigenvalue weighted by atomic mass is 10.1. The predicted molar refractivity (Wildman–Crippen MR) is 127 cm³/mol. The predicted octanol–water partition coefficient (Wildman–Crippen LogP) is 5.15. The zero-order valence-corrected chi connectivity index (χ0v) is 19.4. The van der Waals surface area contributed by atoms with Crippen molar-refractivity contribution in [1.82, 2.24) is 4.90 Å². The maximum Gasteiger partial charge on any atom is 0.259 e. The molecule has 1 atom stereocenters. The van der Waals surface area contributed by atoms with Crippen LogP contribution in [0.2, 0.25) is 5.02 Å². The summed E-state index contributed by atoms with van der Waals surface area (Å²) in [5.74, 6) is -0.376. The molecule has 0 saturated heterocycles. The monoisotopic (exact) mass is 466 g/mol. The van der Waals surface area contributed by atoms with Crippen molar-refractivity contribution in [2.24, 2.45) is 0 Å². The number of carbonyl (C=O) groups is 2. The zero-order chi connectivity index (χ0) is 22.8. The molecule has 1 unspecified atom stereocenters. The molecular weight excluding hydrogens is 444 g/mol. The first kappa shape index (κ1) is 22.2. The fraction of sp³-hybridized carbons (Fsp3) is 0.200. The Hall–Kier alpha value is -2.96. The topological polar surface area (TPSA) is 57.7 Å². The van der Waals surface area contributed by atoms with Crippen LogP contribution in [0.1, 0.15) is 40.1 Å². The van der Waals surface area contributed by atoms with E-state index in [9.17, 15) is 13.8 Å². The van der Waals surface area contributed by atoms with Crippen molar-refractivity contribution in [3.8, 4) is 0 Å². The molecule has 5 nitrogen and oxygen atoms in total. The van der Waals surface area contributed by atoms with Gasteiger partial charge in [0.1, 0.15) is 0 Å². The number of nitrogens with zero attached hydrogens (tertiary/aromatic N) is 2. The maximum absolute atomic E-state index is 13.6. The zero-order valence-electron chi connectivity index (χ0n) is 17.9. The van der Waals surface area contributed by atoms with Crippen molar-refractivity contribution in [3.63, 3.8) is 0 Å². The van der Waals surface area contributed by atoms with Gasteiger partial charge in [-0.25, -0.2) is 4.21 Å². The van der Waals surface area contributed by atoms with Gasteiger partial charge < -0.3 is 9.80 Å². The number of hydrogen-bond acceptors (Lipinski definition) is 3. The van der Waals surface area contributed by atoms with Gasteiger partial charge >= 0.3 is 0 Å². The van der Waals surface area contributed by atoms with Crippen LogP contribution in [-0.2, 0) is 17.3 Å². The molecule has 3 aromatic carbocycles. The average Bonchev–Trinajstić information content (AvgIpc) is 2.90. The van der Waals surface area contributed by atoms with Crippen molar-refractivity contribution in [1.29, 1.82) is 0 Å². The Morgan fingerprint density at radius 2 is 1.66 bits per heavy atom. The van der Waals surface area contributed by atoms with Gasteiger partial charge in [-0.15, -0.1) is 0 Å². The number of rotatable bonds is 5. The highest BCUT2D eigenvalue weighted by atomic mass is 35.5. The summed E-state index contributed by atoms with van der Waals surface area (Å²) in [6.07, 6.45) is 0. The van der Waals surface area contributed by atoms with Crippen molar-refractivity contribution < 1.29 is 13.8 Å². The molecule has 7 heteroatoms. The second-order valence-corrected chi connectivity index (χ2v) is 9.30. The molecule has 0 aromatic heterocycles. The molecule has 2 amide bonds. The summed E-state index contributed by atoms with van der Waals surface area (Å²) < 4.78 is 13.5. The normalized spacial score (nSPS) is 15.0. The quantitative estimate of drug-likeness (QED) is 0.522. The summed E-state index contributed by atoms with van der Waals surface area (Å²) in [7, 11) is -1.55. The van der Waals surface area contributed by atoms with Crippen LogP contribution in [0.4, 0.5) is 5.69 Å². The minimum absolute atomic E-state index is 0.121. The Morgan fingerprint density at radius 3 is 2.34 bits per heavy atom. The molecule has 0 bridgehead atoms. The molecule has 0 saturated carbocycles. The van der Waals surface area contributed by atoms with E-state index in [4.69, 9.17) is 11.6 Å². The Kier molecular flexibility index (Phi) is 6.44. The summed E-state index contributed by atoms with van der Waals surface area (Å²) in [6, 6.07) is 19.3. The van der Waals surface area contributed by atoms with Crippen LogP contribution < -0.4 is 4.90 Å². The van der Waals surface area contributed by atoms with Crippen LogP contribution in [0.5, 0.6) is 0 Å². The van der Waals surface area contributed by atoms with Crippen LogP contribution in [0.3, 0.4) is 0 Å². The Bertz CT molecular complexity index is 1210. The molecule has 0 N–H and O–H groups in total. The number of benzene rings is 3. The van der Waals surface area contributed by atoms with Gasteiger partial charge in [0.05, 0.1) is 38.4 Å². The third-order valence-corrected chi connectivity index (χ3v) is 7.32. The van der Waals surface area contributed by atoms with Crippen molar-refractivity contribution in [3.05, 3.63) is 88.4 Å². The van der Waals surface area contributed by atoms with Gasteiger partial charge in [-0.3, -0.25) is 9.59 Å². The fourth-order valence-electron chi connectivity index (χ4n) is 3.82. The van der Waals surface area contributed by atoms with E-state index >= 15 is 0 Å². The molecule has 164 valence electrons. The molecule has 1 aliphatic heterocycles. The molecule has 0 fully saturated rings. The van der Waals surface area contributed by atoms with Crippen molar-refractivity contribution in [2.75, 3.05) is 18.0 Å². The highest BCUT2D eigenvalue weighted by Gasteiger charge is 2.31. The number of carbonyl (C=O) groups excluding carboxylic acids is 2. The van der Waals surface area contributed by atoms with E-state index < -0.39 is 10.8 Å². The molecule has 3 aromatic rings. The summed E-state index contributed by atoms with van der Waals surface area (Å²) in [5, 5.41) is 0.606. The first-order chi connectivity index (χ1) is 15.4. The lowest BCUT2D eigenvalue weighted by molar-refractivity contribution is 0.0772. The maximum atomic E-state index is 13.6. The number of halogens is 1. The lowest BCUT2D eigenvalue weighted by Crippen LogP contribution is -2.32. The largest absolute Gasteiger partial charge is 0.339 e. The summed E-state index contributed by atoms with van der Waals surface area (Å²) in [5.41, 5.74) is 2.22. The van der Waals surface area contributed by atoms with Gasteiger partial charge in [0, 0.05) is 23.7 Å². The Balaban J connectivity index is 1.87. The Morgan fingerprint density at radius 1 is 0.969 bits per heavy atom. The van der Waals surface area contributed by atoms with Gasteiger partial charge in [-0.05, 0) is 61.9 Å². The summed E-state index contributed by atoms with van der Waals surface area (Å²) in [6.45, 7) is 5.27. The molecule has 32 heavy (non-hydrogen) atoms. The van der Waals surface area contributed by atoms with Crippen LogP contribution in [0.25, 0.3) is 0 Å². The minimum atomic E-state index is -1.55. The van der Waals surface area contributed by atoms with Crippen LogP contribution in [0.15, 0.2) is 76.5 Å². The Labute approximate surface area is 195 Å². The van der Waals surface area contributed by atoms with Crippen molar-refractivity contribution >= 4 is 39.9 Å². The molecule has 0 spiro atoms. The SMILES string of the molecule is CCN(CC)C(=O)c1ccc2c(c1)N(Cc1ccc(Cl)cc1)C(=O)c1ccccc1S2=O. The van der Waals surface area contributed by atoms with Gasteiger partial charge in [0.25, 0.3) is 11.8 Å². The third kappa shape index (κ3) is 4.08. The second kappa shape index (κ2) is 9.27. The fourth-order valence-corrected chi connectivity index (χ4v) is 5.29. The summed E-state index contributed by atoms with van der Waals surface area (Å²) in [4.78, 5) is 30.9. The molecule has 1 heterocycles. The average molecular weight is 467 g/mol. The summed E-state index contributed by atoms with van der Waals surface area (Å²) >= 11 is 6.03. The van der Waals surface area contributed by atoms with Crippen LogP contribution in [0, 0.1) is 0 Å². The molecule has 0 aliphatic carbocycles. The smallest absolute Gasteiger partial charge is 0.259 e. The van der Waals surface area contributed by atoms with Gasteiger partial charge in [0.2, 0.25) is 0 Å². The first-order valence-corrected chi connectivity index (χ1v) is 12.0. The number of fused-ring (bicyclic) bond motifs is 2. The van der Waals surface area contributed by atoms with Crippen LogP contribution >= 0.6 is 11.6 Å². The number of anilines is 1. The van der Waals surface area contributed by atoms with E-state index in [1.54, 1.807) is 64.4 Å². The van der Waals surface area contributed by atoms with E-state index in [1.807, 2.05) is 26.0 Å². The van der Waals surface area contributed by atoms with E-state index in [1.165, 1.54) is 0 Å².